The Morgan fingerprint density at radius 2 is 2.14 bits per heavy atom. The van der Waals surface area contributed by atoms with Gasteiger partial charge < -0.3 is 19.5 Å². The minimum absolute atomic E-state index is 0.0639. The average Bonchev–Trinajstić information content (AvgIpc) is 2.76. The monoisotopic (exact) mass is 391 g/mol. The van der Waals surface area contributed by atoms with Gasteiger partial charge >= 0.3 is 0 Å². The molecule has 150 valence electrons. The summed E-state index contributed by atoms with van der Waals surface area (Å²) in [6.07, 6.45) is 14.0. The molecule has 1 N–H and O–H groups in total. The molecule has 0 saturated carbocycles. The van der Waals surface area contributed by atoms with Crippen LogP contribution in [0.25, 0.3) is 5.57 Å². The van der Waals surface area contributed by atoms with Crippen molar-refractivity contribution < 1.29 is 14.2 Å². The number of anilines is 2. The van der Waals surface area contributed by atoms with Crippen LogP contribution in [0, 0.1) is 0 Å². The van der Waals surface area contributed by atoms with Crippen molar-refractivity contribution >= 4 is 17.2 Å². The van der Waals surface area contributed by atoms with Gasteiger partial charge in [0.1, 0.15) is 5.75 Å². The van der Waals surface area contributed by atoms with Gasteiger partial charge in [0, 0.05) is 17.4 Å². The van der Waals surface area contributed by atoms with Gasteiger partial charge in [0.15, 0.2) is 0 Å². The molecule has 1 aromatic carbocycles. The van der Waals surface area contributed by atoms with Crippen LogP contribution in [0.5, 0.6) is 5.75 Å². The van der Waals surface area contributed by atoms with Crippen LogP contribution in [0.4, 0.5) is 11.6 Å². The predicted molar refractivity (Wildman–Crippen MR) is 113 cm³/mol. The molecule has 1 aromatic heterocycles. The molecular weight excluding hydrogens is 366 g/mol. The number of rotatable bonds is 1. The first-order chi connectivity index (χ1) is 14.3. The molecule has 1 atom stereocenters. The fourth-order valence-electron chi connectivity index (χ4n) is 3.33. The fraction of sp³-hybridized carbons (Fsp3) is 0.304. The van der Waals surface area contributed by atoms with Crippen molar-refractivity contribution in [2.75, 3.05) is 25.6 Å². The molecular formula is C23H25N3O3. The lowest BCUT2D eigenvalue weighted by atomic mass is 10.0. The largest absolute Gasteiger partial charge is 0.496 e. The minimum Gasteiger partial charge on any atom is -0.496 e. The van der Waals surface area contributed by atoms with E-state index in [1.165, 1.54) is 0 Å². The molecule has 6 heteroatoms. The Bertz CT molecular complexity index is 937. The molecule has 0 radical (unpaired) electrons. The number of methoxy groups -OCH3 is 1. The summed E-state index contributed by atoms with van der Waals surface area (Å²) >= 11 is 0. The third kappa shape index (κ3) is 5.10. The molecule has 6 nitrogen and oxygen atoms in total. The number of hydrogen-bond acceptors (Lipinski definition) is 6. The molecule has 0 spiro atoms. The molecule has 2 aromatic rings. The van der Waals surface area contributed by atoms with Crippen LogP contribution >= 0.6 is 0 Å². The molecule has 1 unspecified atom stereocenters. The summed E-state index contributed by atoms with van der Waals surface area (Å²) in [5.74, 6) is 1.33. The zero-order chi connectivity index (χ0) is 19.9. The highest BCUT2D eigenvalue weighted by atomic mass is 16.5. The summed E-state index contributed by atoms with van der Waals surface area (Å²) in [5.41, 5.74) is 3.76. The maximum absolute atomic E-state index is 6.00. The van der Waals surface area contributed by atoms with Gasteiger partial charge in [-0.3, -0.25) is 0 Å². The highest BCUT2D eigenvalue weighted by Gasteiger charge is 2.13. The Labute approximate surface area is 170 Å². The van der Waals surface area contributed by atoms with Crippen LogP contribution in [0.2, 0.25) is 0 Å². The van der Waals surface area contributed by atoms with Gasteiger partial charge in [-0.2, -0.15) is 0 Å². The van der Waals surface area contributed by atoms with Crippen molar-refractivity contribution in [3.8, 4) is 5.75 Å². The standard InChI is InChI=1S/C23H25N3O3/c1-27-22-9-8-19-14-18(22)16-28-12-3-2-4-13-29-20-7-5-6-17(15-20)21-10-11-24-23(25-19)26-21/h2-3,5-6,8-11,14-15,20H,4,7,12-13,16H2,1H3,(H,24,25,26)/b3-2+. The number of aromatic nitrogens is 2. The van der Waals surface area contributed by atoms with Crippen LogP contribution in [0.3, 0.4) is 0 Å². The quantitative estimate of drug-likeness (QED) is 0.726. The van der Waals surface area contributed by atoms with Crippen molar-refractivity contribution in [1.82, 2.24) is 9.97 Å². The molecule has 29 heavy (non-hydrogen) atoms. The summed E-state index contributed by atoms with van der Waals surface area (Å²) in [5, 5.41) is 3.28. The molecule has 2 aliphatic rings. The molecule has 0 fully saturated rings. The highest BCUT2D eigenvalue weighted by Crippen LogP contribution is 2.26. The molecule has 2 heterocycles. The Balaban J connectivity index is 1.65. The van der Waals surface area contributed by atoms with Crippen LogP contribution < -0.4 is 10.1 Å². The lowest BCUT2D eigenvalue weighted by Crippen LogP contribution is -2.13. The third-order valence-electron chi connectivity index (χ3n) is 4.77. The minimum atomic E-state index is 0.0639. The van der Waals surface area contributed by atoms with Gasteiger partial charge in [-0.25, -0.2) is 9.97 Å². The molecule has 4 rings (SSSR count). The van der Waals surface area contributed by atoms with E-state index < -0.39 is 0 Å². The van der Waals surface area contributed by atoms with E-state index in [1.54, 1.807) is 13.3 Å². The van der Waals surface area contributed by atoms with Crippen molar-refractivity contribution in [3.05, 3.63) is 72.1 Å². The van der Waals surface area contributed by atoms with E-state index in [1.807, 2.05) is 30.3 Å². The van der Waals surface area contributed by atoms with E-state index in [0.29, 0.717) is 25.8 Å². The second-order valence-electron chi connectivity index (χ2n) is 6.86. The number of allylic oxidation sites excluding steroid dienone is 2. The first-order valence-electron chi connectivity index (χ1n) is 9.82. The van der Waals surface area contributed by atoms with E-state index in [4.69, 9.17) is 14.2 Å². The number of fused-ring (bicyclic) bond motifs is 6. The lowest BCUT2D eigenvalue weighted by molar-refractivity contribution is 0.0905. The zero-order valence-electron chi connectivity index (χ0n) is 16.5. The lowest BCUT2D eigenvalue weighted by Gasteiger charge is -2.17. The van der Waals surface area contributed by atoms with Crippen molar-refractivity contribution in [1.29, 1.82) is 0 Å². The molecule has 1 aliphatic heterocycles. The number of nitrogens with one attached hydrogen (secondary N) is 1. The predicted octanol–water partition coefficient (Wildman–Crippen LogP) is 4.43. The topological polar surface area (TPSA) is 65.5 Å². The highest BCUT2D eigenvalue weighted by molar-refractivity contribution is 5.73. The van der Waals surface area contributed by atoms with Gasteiger partial charge in [-0.05, 0) is 48.8 Å². The van der Waals surface area contributed by atoms with E-state index >= 15 is 0 Å². The van der Waals surface area contributed by atoms with E-state index in [2.05, 4.69) is 39.6 Å². The van der Waals surface area contributed by atoms with Gasteiger partial charge in [0.25, 0.3) is 0 Å². The number of ether oxygens (including phenoxy) is 3. The SMILES string of the molecule is COc1ccc2cc1COC/C=C/CCOC1C=C(C=CC1)c1ccnc(n1)N2. The van der Waals surface area contributed by atoms with Crippen molar-refractivity contribution in [3.63, 3.8) is 0 Å². The number of hydrogen-bond donors (Lipinski definition) is 1. The van der Waals surface area contributed by atoms with E-state index in [9.17, 15) is 0 Å². The van der Waals surface area contributed by atoms with Gasteiger partial charge in [0.2, 0.25) is 5.95 Å². The summed E-state index contributed by atoms with van der Waals surface area (Å²) in [4.78, 5) is 9.05. The van der Waals surface area contributed by atoms with Gasteiger partial charge in [0.05, 0.1) is 38.7 Å². The van der Waals surface area contributed by atoms with Crippen LogP contribution in [0.1, 0.15) is 24.1 Å². The number of benzene rings is 1. The van der Waals surface area contributed by atoms with E-state index in [0.717, 1.165) is 41.1 Å². The van der Waals surface area contributed by atoms with Crippen molar-refractivity contribution in [2.24, 2.45) is 0 Å². The second-order valence-corrected chi connectivity index (χ2v) is 6.86. The normalized spacial score (nSPS) is 20.6. The Morgan fingerprint density at radius 3 is 3.07 bits per heavy atom. The first-order valence-corrected chi connectivity index (χ1v) is 9.82. The Hall–Kier alpha value is -2.96. The van der Waals surface area contributed by atoms with Crippen molar-refractivity contribution in [2.45, 2.75) is 25.6 Å². The molecule has 0 saturated heterocycles. The third-order valence-corrected chi connectivity index (χ3v) is 4.77. The van der Waals surface area contributed by atoms with Crippen LogP contribution in [-0.4, -0.2) is 36.4 Å². The molecule has 6 bridgehead atoms. The average molecular weight is 391 g/mol. The summed E-state index contributed by atoms with van der Waals surface area (Å²) in [7, 11) is 1.66. The maximum atomic E-state index is 6.00. The van der Waals surface area contributed by atoms with Gasteiger partial charge in [-0.15, -0.1) is 0 Å². The smallest absolute Gasteiger partial charge is 0.227 e. The Kier molecular flexibility index (Phi) is 6.34. The second kappa shape index (κ2) is 9.49. The van der Waals surface area contributed by atoms with Crippen LogP contribution in [0.15, 0.2) is 60.8 Å². The molecule has 1 aliphatic carbocycles. The first kappa shape index (κ1) is 19.4. The zero-order valence-corrected chi connectivity index (χ0v) is 16.5. The van der Waals surface area contributed by atoms with Gasteiger partial charge in [-0.1, -0.05) is 24.3 Å². The summed E-state index contributed by atoms with van der Waals surface area (Å²) in [6.45, 7) is 1.67. The molecule has 0 amide bonds. The number of nitrogens with zero attached hydrogens (tertiary/aromatic N) is 2. The van der Waals surface area contributed by atoms with Crippen LogP contribution in [-0.2, 0) is 16.1 Å². The fourth-order valence-corrected chi connectivity index (χ4v) is 3.33. The Morgan fingerprint density at radius 1 is 1.17 bits per heavy atom. The summed E-state index contributed by atoms with van der Waals surface area (Å²) in [6, 6.07) is 7.79. The maximum Gasteiger partial charge on any atom is 0.227 e. The van der Waals surface area contributed by atoms with E-state index in [-0.39, 0.29) is 6.10 Å². The summed E-state index contributed by atoms with van der Waals surface area (Å²) < 4.78 is 17.2.